The lowest BCUT2D eigenvalue weighted by Crippen LogP contribution is -2.64. The van der Waals surface area contributed by atoms with E-state index in [1.165, 1.54) is 0 Å². The van der Waals surface area contributed by atoms with Crippen LogP contribution in [-0.2, 0) is 22.5 Å². The van der Waals surface area contributed by atoms with Crippen LogP contribution in [0.1, 0.15) is 24.0 Å². The van der Waals surface area contributed by atoms with Gasteiger partial charge in [-0.3, -0.25) is 4.90 Å². The lowest BCUT2D eigenvalue weighted by molar-refractivity contribution is -0.132. The smallest absolute Gasteiger partial charge is 0.410 e. The van der Waals surface area contributed by atoms with E-state index in [1.807, 2.05) is 48.5 Å². The van der Waals surface area contributed by atoms with Crippen molar-refractivity contribution >= 4 is 6.09 Å². The summed E-state index contributed by atoms with van der Waals surface area (Å²) < 4.78 is 22.0. The number of amides is 1. The fourth-order valence-corrected chi connectivity index (χ4v) is 4.66. The second kappa shape index (κ2) is 9.16. The van der Waals surface area contributed by atoms with Gasteiger partial charge in [-0.25, -0.2) is 4.79 Å². The van der Waals surface area contributed by atoms with Gasteiger partial charge in [-0.15, -0.1) is 0 Å². The van der Waals surface area contributed by atoms with Crippen molar-refractivity contribution in [1.82, 2.24) is 4.90 Å². The van der Waals surface area contributed by atoms with Gasteiger partial charge >= 0.3 is 6.09 Å². The number of rotatable bonds is 6. The predicted octanol–water partition coefficient (Wildman–Crippen LogP) is 3.18. The van der Waals surface area contributed by atoms with E-state index in [0.717, 1.165) is 11.1 Å². The normalized spacial score (nSPS) is 25.1. The van der Waals surface area contributed by atoms with Crippen molar-refractivity contribution in [2.75, 3.05) is 27.4 Å². The Hall–Kier alpha value is -2.77. The minimum absolute atomic E-state index is 0.227. The minimum Gasteiger partial charge on any atom is -0.497 e. The predicted molar refractivity (Wildman–Crippen MR) is 114 cm³/mol. The van der Waals surface area contributed by atoms with Crippen LogP contribution in [0.5, 0.6) is 11.5 Å². The highest BCUT2D eigenvalue weighted by atomic mass is 16.6. The zero-order valence-corrected chi connectivity index (χ0v) is 18.0. The summed E-state index contributed by atoms with van der Waals surface area (Å²) in [5, 5.41) is 11.4. The van der Waals surface area contributed by atoms with Gasteiger partial charge in [-0.05, 0) is 36.1 Å². The first-order valence-electron chi connectivity index (χ1n) is 10.5. The second-order valence-corrected chi connectivity index (χ2v) is 8.32. The fourth-order valence-electron chi connectivity index (χ4n) is 4.66. The fraction of sp³-hybridized carbons (Fsp3) is 0.458. The van der Waals surface area contributed by atoms with Crippen LogP contribution in [0.3, 0.4) is 0 Å². The highest BCUT2D eigenvalue weighted by Gasteiger charge is 2.48. The topological polar surface area (TPSA) is 77.5 Å². The van der Waals surface area contributed by atoms with Crippen molar-refractivity contribution in [3.63, 3.8) is 0 Å². The Labute approximate surface area is 182 Å². The molecule has 2 fully saturated rings. The highest BCUT2D eigenvalue weighted by molar-refractivity contribution is 5.69. The van der Waals surface area contributed by atoms with Gasteiger partial charge in [0.25, 0.3) is 0 Å². The number of ether oxygens (including phenoxy) is 4. The first kappa shape index (κ1) is 21.5. The zero-order valence-electron chi connectivity index (χ0n) is 18.0. The van der Waals surface area contributed by atoms with E-state index >= 15 is 0 Å². The summed E-state index contributed by atoms with van der Waals surface area (Å²) in [5.74, 6) is 1.37. The second-order valence-electron chi connectivity index (χ2n) is 8.32. The number of piperidine rings is 1. The third-order valence-corrected chi connectivity index (χ3v) is 6.00. The van der Waals surface area contributed by atoms with Crippen LogP contribution in [-0.4, -0.2) is 61.2 Å². The summed E-state index contributed by atoms with van der Waals surface area (Å²) in [5.41, 5.74) is 0.919. The molecule has 2 aromatic rings. The van der Waals surface area contributed by atoms with E-state index in [0.29, 0.717) is 44.0 Å². The molecular formula is C24H29NO6. The van der Waals surface area contributed by atoms with E-state index in [9.17, 15) is 9.90 Å². The number of benzene rings is 2. The Morgan fingerprint density at radius 3 is 2.23 bits per heavy atom. The molecule has 7 heteroatoms. The Balaban J connectivity index is 1.45. The molecular weight excluding hydrogens is 398 g/mol. The molecule has 166 valence electrons. The van der Waals surface area contributed by atoms with Crippen LogP contribution in [0.4, 0.5) is 4.79 Å². The van der Waals surface area contributed by atoms with Crippen molar-refractivity contribution in [2.45, 2.75) is 43.6 Å². The average Bonchev–Trinajstić information content (AvgIpc) is 2.77. The molecule has 0 radical (unpaired) electrons. The minimum atomic E-state index is -0.952. The van der Waals surface area contributed by atoms with E-state index < -0.39 is 5.60 Å². The van der Waals surface area contributed by atoms with Crippen molar-refractivity contribution in [3.05, 3.63) is 59.7 Å². The number of hydrogen-bond donors (Lipinski definition) is 1. The first-order valence-corrected chi connectivity index (χ1v) is 10.5. The summed E-state index contributed by atoms with van der Waals surface area (Å²) in [6.45, 7) is 1.01. The molecule has 0 aromatic heterocycles. The third kappa shape index (κ3) is 4.94. The molecule has 0 aliphatic carbocycles. The molecule has 4 rings (SSSR count). The molecule has 2 heterocycles. The summed E-state index contributed by atoms with van der Waals surface area (Å²) in [6.07, 6.45) is 0.931. The first-order chi connectivity index (χ1) is 15.0. The van der Waals surface area contributed by atoms with E-state index in [-0.39, 0.29) is 24.8 Å². The molecule has 31 heavy (non-hydrogen) atoms. The molecule has 1 N–H and O–H groups in total. The Bertz CT molecular complexity index is 866. The van der Waals surface area contributed by atoms with Crippen molar-refractivity contribution in [3.8, 4) is 11.5 Å². The van der Waals surface area contributed by atoms with Gasteiger partial charge < -0.3 is 24.1 Å². The van der Waals surface area contributed by atoms with Crippen molar-refractivity contribution < 1.29 is 28.8 Å². The molecule has 2 saturated heterocycles. The van der Waals surface area contributed by atoms with Crippen LogP contribution >= 0.6 is 0 Å². The van der Waals surface area contributed by atoms with Crippen LogP contribution in [0.15, 0.2) is 48.5 Å². The molecule has 0 spiro atoms. The van der Waals surface area contributed by atoms with Crippen molar-refractivity contribution in [2.24, 2.45) is 0 Å². The number of fused-ring (bicyclic) bond motifs is 2. The quantitative estimate of drug-likeness (QED) is 0.763. The molecule has 2 bridgehead atoms. The van der Waals surface area contributed by atoms with E-state index in [1.54, 1.807) is 19.1 Å². The maximum absolute atomic E-state index is 12.9. The number of carbonyl (C=O) groups is 1. The van der Waals surface area contributed by atoms with Crippen LogP contribution in [0.2, 0.25) is 0 Å². The number of morpholine rings is 1. The van der Waals surface area contributed by atoms with Gasteiger partial charge in [0.15, 0.2) is 0 Å². The number of aliphatic hydroxyl groups is 1. The largest absolute Gasteiger partial charge is 0.497 e. The Morgan fingerprint density at radius 1 is 1.03 bits per heavy atom. The summed E-state index contributed by atoms with van der Waals surface area (Å²) in [4.78, 5) is 14.6. The molecule has 2 atom stereocenters. The molecule has 2 unspecified atom stereocenters. The molecule has 7 nitrogen and oxygen atoms in total. The van der Waals surface area contributed by atoms with Gasteiger partial charge in [-0.1, -0.05) is 30.3 Å². The Kier molecular flexibility index (Phi) is 6.34. The lowest BCUT2D eigenvalue weighted by Gasteiger charge is -2.51. The van der Waals surface area contributed by atoms with Crippen molar-refractivity contribution in [1.29, 1.82) is 0 Å². The number of methoxy groups -OCH3 is 2. The highest BCUT2D eigenvalue weighted by Crippen LogP contribution is 2.38. The average molecular weight is 427 g/mol. The SMILES string of the molecule is COc1cc(CC2(O)CC3COCC(C2)N3C(=O)OCc2ccccc2)cc(OC)c1. The monoisotopic (exact) mass is 427 g/mol. The van der Waals surface area contributed by atoms with Crippen LogP contribution < -0.4 is 9.47 Å². The van der Waals surface area contributed by atoms with E-state index in [2.05, 4.69) is 0 Å². The van der Waals surface area contributed by atoms with Gasteiger partial charge in [0.1, 0.15) is 18.1 Å². The van der Waals surface area contributed by atoms with Gasteiger partial charge in [0.05, 0.1) is 45.1 Å². The zero-order chi connectivity index (χ0) is 21.8. The number of hydrogen-bond acceptors (Lipinski definition) is 6. The summed E-state index contributed by atoms with van der Waals surface area (Å²) in [6, 6.07) is 14.8. The van der Waals surface area contributed by atoms with Gasteiger partial charge in [0.2, 0.25) is 0 Å². The van der Waals surface area contributed by atoms with Gasteiger partial charge in [-0.2, -0.15) is 0 Å². The lowest BCUT2D eigenvalue weighted by atomic mass is 9.77. The molecule has 2 aliphatic rings. The van der Waals surface area contributed by atoms with Gasteiger partial charge in [0, 0.05) is 12.5 Å². The maximum Gasteiger partial charge on any atom is 0.410 e. The number of nitrogens with zero attached hydrogens (tertiary/aromatic N) is 1. The van der Waals surface area contributed by atoms with Crippen LogP contribution in [0, 0.1) is 0 Å². The standard InChI is InChI=1S/C24H29NO6/c1-28-21-8-18(9-22(10-21)29-2)11-24(27)12-19-15-30-16-20(13-24)25(19)23(26)31-14-17-6-4-3-5-7-17/h3-10,19-20,27H,11-16H2,1-2H3. The molecule has 1 amide bonds. The summed E-state index contributed by atoms with van der Waals surface area (Å²) >= 11 is 0. The Morgan fingerprint density at radius 2 is 1.65 bits per heavy atom. The third-order valence-electron chi connectivity index (χ3n) is 6.00. The molecule has 2 aliphatic heterocycles. The summed E-state index contributed by atoms with van der Waals surface area (Å²) in [7, 11) is 3.21. The number of carbonyl (C=O) groups excluding carboxylic acids is 1. The maximum atomic E-state index is 12.9. The molecule has 0 saturated carbocycles. The van der Waals surface area contributed by atoms with E-state index in [4.69, 9.17) is 18.9 Å². The van der Waals surface area contributed by atoms with Crippen LogP contribution in [0.25, 0.3) is 0 Å². The molecule has 2 aromatic carbocycles.